The molecule has 1 aromatic heterocycles. The van der Waals surface area contributed by atoms with Gasteiger partial charge in [0.25, 0.3) is 0 Å². The molecule has 0 fully saturated rings. The van der Waals surface area contributed by atoms with E-state index >= 15 is 0 Å². The Kier molecular flexibility index (Phi) is 2.85. The summed E-state index contributed by atoms with van der Waals surface area (Å²) >= 11 is 0.975. The van der Waals surface area contributed by atoms with Gasteiger partial charge in [0.15, 0.2) is 4.88 Å². The Hall–Kier alpha value is -1.88. The van der Waals surface area contributed by atoms with Crippen molar-refractivity contribution in [2.45, 2.75) is 13.8 Å². The number of aryl methyl sites for hydroxylation is 2. The summed E-state index contributed by atoms with van der Waals surface area (Å²) in [6.07, 6.45) is 0. The van der Waals surface area contributed by atoms with E-state index in [1.165, 1.54) is 0 Å². The van der Waals surface area contributed by atoms with E-state index in [9.17, 15) is 9.90 Å². The second-order valence-corrected chi connectivity index (χ2v) is 4.78. The van der Waals surface area contributed by atoms with Crippen molar-refractivity contribution in [1.82, 2.24) is 4.98 Å². The largest absolute Gasteiger partial charge is 0.492 e. The van der Waals surface area contributed by atoms with Crippen LogP contribution in [0.4, 0.5) is 0 Å². The van der Waals surface area contributed by atoms with Crippen molar-refractivity contribution in [1.29, 1.82) is 0 Å². The van der Waals surface area contributed by atoms with Gasteiger partial charge < -0.3 is 10.2 Å². The van der Waals surface area contributed by atoms with Crippen LogP contribution < -0.4 is 0 Å². The number of aromatic hydroxyl groups is 1. The van der Waals surface area contributed by atoms with Crippen LogP contribution in [0.1, 0.15) is 20.8 Å². The minimum atomic E-state index is -1.16. The summed E-state index contributed by atoms with van der Waals surface area (Å²) in [6, 6.07) is 5.75. The standard InChI is InChI=1S/C12H11NO3S/c1-6-3-4-8(5-7(6)2)11-13-10(14)9(17-11)12(15)16/h3-5,14H,1-2H3,(H,15,16). The first kappa shape index (κ1) is 11.6. The fraction of sp³-hybridized carbons (Fsp3) is 0.167. The third-order valence-electron chi connectivity index (χ3n) is 2.56. The van der Waals surface area contributed by atoms with E-state index in [4.69, 9.17) is 5.11 Å². The first-order chi connectivity index (χ1) is 7.99. The highest BCUT2D eigenvalue weighted by atomic mass is 32.1. The van der Waals surface area contributed by atoms with Crippen LogP contribution in [0, 0.1) is 13.8 Å². The van der Waals surface area contributed by atoms with Gasteiger partial charge in [-0.05, 0) is 31.0 Å². The van der Waals surface area contributed by atoms with Crippen molar-refractivity contribution in [3.63, 3.8) is 0 Å². The molecule has 0 amide bonds. The zero-order valence-corrected chi connectivity index (χ0v) is 10.2. The maximum atomic E-state index is 10.8. The summed E-state index contributed by atoms with van der Waals surface area (Å²) in [5, 5.41) is 18.8. The first-order valence-electron chi connectivity index (χ1n) is 4.99. The maximum absolute atomic E-state index is 10.8. The van der Waals surface area contributed by atoms with Gasteiger partial charge in [-0.25, -0.2) is 9.78 Å². The molecule has 1 heterocycles. The van der Waals surface area contributed by atoms with Gasteiger partial charge >= 0.3 is 5.97 Å². The summed E-state index contributed by atoms with van der Waals surface area (Å²) in [5.74, 6) is -1.58. The molecular weight excluding hydrogens is 238 g/mol. The van der Waals surface area contributed by atoms with Crippen molar-refractivity contribution in [2.75, 3.05) is 0 Å². The Labute approximate surface area is 102 Å². The van der Waals surface area contributed by atoms with Gasteiger partial charge in [-0.15, -0.1) is 11.3 Å². The normalized spacial score (nSPS) is 10.5. The van der Waals surface area contributed by atoms with E-state index in [0.717, 1.165) is 28.0 Å². The molecule has 0 saturated heterocycles. The molecule has 0 spiro atoms. The molecule has 88 valence electrons. The van der Waals surface area contributed by atoms with Crippen LogP contribution in [0.15, 0.2) is 18.2 Å². The van der Waals surface area contributed by atoms with Gasteiger partial charge in [0.1, 0.15) is 5.01 Å². The molecule has 0 aliphatic heterocycles. The summed E-state index contributed by atoms with van der Waals surface area (Å²) < 4.78 is 0. The van der Waals surface area contributed by atoms with E-state index in [0.29, 0.717) is 5.01 Å². The second-order valence-electron chi connectivity index (χ2n) is 3.78. The van der Waals surface area contributed by atoms with Crippen LogP contribution in [-0.2, 0) is 0 Å². The van der Waals surface area contributed by atoms with E-state index < -0.39 is 11.8 Å². The summed E-state index contributed by atoms with van der Waals surface area (Å²) in [7, 11) is 0. The predicted octanol–water partition coefficient (Wildman–Crippen LogP) is 2.83. The van der Waals surface area contributed by atoms with Gasteiger partial charge in [0.2, 0.25) is 5.88 Å². The van der Waals surface area contributed by atoms with Crippen LogP contribution in [0.3, 0.4) is 0 Å². The van der Waals surface area contributed by atoms with Gasteiger partial charge in [0.05, 0.1) is 0 Å². The lowest BCUT2D eigenvalue weighted by Gasteiger charge is -2.01. The number of thiazole rings is 1. The lowest BCUT2D eigenvalue weighted by molar-refractivity contribution is 0.0699. The lowest BCUT2D eigenvalue weighted by atomic mass is 10.1. The van der Waals surface area contributed by atoms with Gasteiger partial charge in [-0.1, -0.05) is 12.1 Å². The smallest absolute Gasteiger partial charge is 0.351 e. The van der Waals surface area contributed by atoms with Crippen molar-refractivity contribution < 1.29 is 15.0 Å². The third kappa shape index (κ3) is 2.14. The molecule has 2 aromatic rings. The van der Waals surface area contributed by atoms with Gasteiger partial charge in [0, 0.05) is 5.56 Å². The molecule has 0 saturated carbocycles. The number of hydrogen-bond donors (Lipinski definition) is 2. The average molecular weight is 249 g/mol. The van der Waals surface area contributed by atoms with Gasteiger partial charge in [-0.3, -0.25) is 0 Å². The molecule has 1 aromatic carbocycles. The second kappa shape index (κ2) is 4.18. The quantitative estimate of drug-likeness (QED) is 0.858. The highest BCUT2D eigenvalue weighted by molar-refractivity contribution is 7.17. The first-order valence-corrected chi connectivity index (χ1v) is 5.81. The molecule has 0 aliphatic rings. The molecule has 2 rings (SSSR count). The fourth-order valence-corrected chi connectivity index (χ4v) is 2.24. The minimum Gasteiger partial charge on any atom is -0.492 e. The molecule has 5 heteroatoms. The lowest BCUT2D eigenvalue weighted by Crippen LogP contribution is -1.91. The van der Waals surface area contributed by atoms with Crippen molar-refractivity contribution in [3.8, 4) is 16.5 Å². The number of nitrogens with zero attached hydrogens (tertiary/aromatic N) is 1. The summed E-state index contributed by atoms with van der Waals surface area (Å²) in [6.45, 7) is 3.98. The zero-order chi connectivity index (χ0) is 12.6. The maximum Gasteiger partial charge on any atom is 0.351 e. The molecular formula is C12H11NO3S. The van der Waals surface area contributed by atoms with Crippen molar-refractivity contribution in [2.24, 2.45) is 0 Å². The van der Waals surface area contributed by atoms with Crippen LogP contribution in [0.25, 0.3) is 10.6 Å². The molecule has 2 N–H and O–H groups in total. The van der Waals surface area contributed by atoms with E-state index in [1.807, 2.05) is 32.0 Å². The molecule has 0 bridgehead atoms. The Balaban J connectivity index is 2.50. The number of carboxylic acid groups (broad SMARTS) is 1. The van der Waals surface area contributed by atoms with Gasteiger partial charge in [-0.2, -0.15) is 0 Å². The number of hydrogen-bond acceptors (Lipinski definition) is 4. The number of rotatable bonds is 2. The third-order valence-corrected chi connectivity index (χ3v) is 3.64. The Morgan fingerprint density at radius 3 is 2.53 bits per heavy atom. The minimum absolute atomic E-state index is 0.127. The fourth-order valence-electron chi connectivity index (χ4n) is 1.45. The van der Waals surface area contributed by atoms with Crippen molar-refractivity contribution >= 4 is 17.3 Å². The zero-order valence-electron chi connectivity index (χ0n) is 9.39. The van der Waals surface area contributed by atoms with Crippen LogP contribution in [0.5, 0.6) is 5.88 Å². The van der Waals surface area contributed by atoms with E-state index in [-0.39, 0.29) is 4.88 Å². The molecule has 4 nitrogen and oxygen atoms in total. The molecule has 0 atom stereocenters. The van der Waals surface area contributed by atoms with Crippen LogP contribution in [-0.4, -0.2) is 21.2 Å². The number of benzene rings is 1. The molecule has 0 radical (unpaired) electrons. The molecule has 0 aliphatic carbocycles. The predicted molar refractivity (Wildman–Crippen MR) is 65.6 cm³/mol. The molecule has 0 unspecified atom stereocenters. The summed E-state index contributed by atoms with van der Waals surface area (Å²) in [4.78, 5) is 14.5. The van der Waals surface area contributed by atoms with Crippen LogP contribution >= 0.6 is 11.3 Å². The summed E-state index contributed by atoms with van der Waals surface area (Å²) in [5.41, 5.74) is 3.09. The number of carboxylic acids is 1. The highest BCUT2D eigenvalue weighted by Gasteiger charge is 2.17. The number of aromatic nitrogens is 1. The Bertz CT molecular complexity index is 589. The van der Waals surface area contributed by atoms with Crippen LogP contribution in [0.2, 0.25) is 0 Å². The monoisotopic (exact) mass is 249 g/mol. The number of carbonyl (C=O) groups is 1. The topological polar surface area (TPSA) is 70.4 Å². The number of aromatic carboxylic acids is 1. The Morgan fingerprint density at radius 1 is 1.29 bits per heavy atom. The van der Waals surface area contributed by atoms with Crippen molar-refractivity contribution in [3.05, 3.63) is 34.2 Å². The average Bonchev–Trinajstić information content (AvgIpc) is 2.64. The van der Waals surface area contributed by atoms with E-state index in [1.54, 1.807) is 0 Å². The molecule has 17 heavy (non-hydrogen) atoms. The Morgan fingerprint density at radius 2 is 2.00 bits per heavy atom. The van der Waals surface area contributed by atoms with E-state index in [2.05, 4.69) is 4.98 Å². The SMILES string of the molecule is Cc1ccc(-c2nc(O)c(C(=O)O)s2)cc1C. The highest BCUT2D eigenvalue weighted by Crippen LogP contribution is 2.32.